The third-order valence-corrected chi connectivity index (χ3v) is 3.91. The summed E-state index contributed by atoms with van der Waals surface area (Å²) >= 11 is 0. The molecule has 0 saturated heterocycles. The Bertz CT molecular complexity index is 509. The lowest BCUT2D eigenvalue weighted by Gasteiger charge is -2.26. The topological polar surface area (TPSA) is 64.6 Å². The number of rotatable bonds is 5. The molecular weight excluding hydrogens is 282 g/mol. The molecule has 2 rings (SSSR count). The molecule has 5 nitrogen and oxygen atoms in total. The van der Waals surface area contributed by atoms with Gasteiger partial charge in [-0.25, -0.2) is 9.59 Å². The van der Waals surface area contributed by atoms with E-state index < -0.39 is 18.1 Å². The smallest absolute Gasteiger partial charge is 0.408 e. The second kappa shape index (κ2) is 7.29. The van der Waals surface area contributed by atoms with Crippen LogP contribution in [0.4, 0.5) is 4.79 Å². The van der Waals surface area contributed by atoms with Crippen LogP contribution in [-0.4, -0.2) is 23.7 Å². The van der Waals surface area contributed by atoms with Crippen LogP contribution in [-0.2, 0) is 20.9 Å². The Labute approximate surface area is 131 Å². The second-order valence-electron chi connectivity index (χ2n) is 6.01. The lowest BCUT2D eigenvalue weighted by Crippen LogP contribution is -2.43. The summed E-state index contributed by atoms with van der Waals surface area (Å²) < 4.78 is 10.6. The predicted molar refractivity (Wildman–Crippen MR) is 82.2 cm³/mol. The van der Waals surface area contributed by atoms with Gasteiger partial charge in [0.25, 0.3) is 0 Å². The van der Waals surface area contributed by atoms with Crippen molar-refractivity contribution in [1.82, 2.24) is 5.32 Å². The zero-order chi connectivity index (χ0) is 16.0. The molecule has 0 unspecified atom stereocenters. The molecule has 1 amide bonds. The molecule has 1 saturated carbocycles. The molecule has 5 heteroatoms. The minimum Gasteiger partial charge on any atom is -0.458 e. The highest BCUT2D eigenvalue weighted by Gasteiger charge is 2.34. The number of alkyl carbamates (subject to hydrolysis) is 1. The van der Waals surface area contributed by atoms with Gasteiger partial charge in [0.2, 0.25) is 0 Å². The van der Waals surface area contributed by atoms with Crippen molar-refractivity contribution in [3.8, 4) is 0 Å². The van der Waals surface area contributed by atoms with Gasteiger partial charge >= 0.3 is 12.1 Å². The number of hydrogen-bond donors (Lipinski definition) is 1. The number of ether oxygens (including phenoxy) is 2. The van der Waals surface area contributed by atoms with E-state index in [0.29, 0.717) is 0 Å². The van der Waals surface area contributed by atoms with Gasteiger partial charge in [-0.3, -0.25) is 0 Å². The monoisotopic (exact) mass is 305 g/mol. The van der Waals surface area contributed by atoms with Crippen molar-refractivity contribution in [3.63, 3.8) is 0 Å². The highest BCUT2D eigenvalue weighted by Crippen LogP contribution is 2.32. The Morgan fingerprint density at radius 2 is 1.86 bits per heavy atom. The number of carbonyl (C=O) groups excluding carboxylic acids is 2. The summed E-state index contributed by atoms with van der Waals surface area (Å²) in [6, 6.07) is 8.65. The molecule has 0 bridgehead atoms. The minimum absolute atomic E-state index is 0.173. The van der Waals surface area contributed by atoms with Crippen LogP contribution in [0.25, 0.3) is 0 Å². The molecule has 0 spiro atoms. The fraction of sp³-hybridized carbons (Fsp3) is 0.529. The van der Waals surface area contributed by atoms with E-state index in [1.165, 1.54) is 0 Å². The first-order valence-corrected chi connectivity index (χ1v) is 7.69. The van der Waals surface area contributed by atoms with Crippen LogP contribution in [0.5, 0.6) is 0 Å². The average molecular weight is 305 g/mol. The van der Waals surface area contributed by atoms with Gasteiger partial charge in [-0.1, -0.05) is 30.3 Å². The highest BCUT2D eigenvalue weighted by molar-refractivity contribution is 5.81. The quantitative estimate of drug-likeness (QED) is 0.849. The zero-order valence-corrected chi connectivity index (χ0v) is 13.1. The van der Waals surface area contributed by atoms with Gasteiger partial charge in [-0.2, -0.15) is 0 Å². The van der Waals surface area contributed by atoms with Crippen molar-refractivity contribution < 1.29 is 19.1 Å². The molecule has 1 aromatic rings. The summed E-state index contributed by atoms with van der Waals surface area (Å²) in [7, 11) is 0. The standard InChI is InChI=1S/C17H23NO4/c1-13(15(19)22-17(2)10-6-7-11-17)18-16(20)21-12-14-8-4-3-5-9-14/h3-5,8-9,13H,6-7,10-12H2,1-2H3,(H,18,20)/t13-/m1/s1. The lowest BCUT2D eigenvalue weighted by atomic mass is 10.1. The van der Waals surface area contributed by atoms with E-state index in [-0.39, 0.29) is 12.2 Å². The second-order valence-corrected chi connectivity index (χ2v) is 6.01. The zero-order valence-electron chi connectivity index (χ0n) is 13.1. The summed E-state index contributed by atoms with van der Waals surface area (Å²) in [5.74, 6) is -0.416. The molecule has 1 fully saturated rings. The number of esters is 1. The van der Waals surface area contributed by atoms with Gasteiger partial charge in [0, 0.05) is 0 Å². The fourth-order valence-electron chi connectivity index (χ4n) is 2.56. The molecule has 0 aliphatic heterocycles. The average Bonchev–Trinajstić information content (AvgIpc) is 2.92. The number of nitrogens with one attached hydrogen (secondary N) is 1. The van der Waals surface area contributed by atoms with Gasteiger partial charge in [0.1, 0.15) is 18.2 Å². The van der Waals surface area contributed by atoms with Crippen molar-refractivity contribution in [2.75, 3.05) is 0 Å². The van der Waals surface area contributed by atoms with E-state index in [9.17, 15) is 9.59 Å². The third kappa shape index (κ3) is 4.76. The molecule has 1 atom stereocenters. The maximum absolute atomic E-state index is 12.0. The van der Waals surface area contributed by atoms with Gasteiger partial charge in [0.15, 0.2) is 0 Å². The Kier molecular flexibility index (Phi) is 5.41. The van der Waals surface area contributed by atoms with Crippen LogP contribution in [0.3, 0.4) is 0 Å². The summed E-state index contributed by atoms with van der Waals surface area (Å²) in [6.45, 7) is 3.72. The first-order valence-electron chi connectivity index (χ1n) is 7.69. The first kappa shape index (κ1) is 16.3. The molecule has 0 aromatic heterocycles. The van der Waals surface area contributed by atoms with Crippen LogP contribution < -0.4 is 5.32 Å². The lowest BCUT2D eigenvalue weighted by molar-refractivity contribution is -0.159. The Hall–Kier alpha value is -2.04. The summed E-state index contributed by atoms with van der Waals surface area (Å²) in [5.41, 5.74) is 0.507. The summed E-state index contributed by atoms with van der Waals surface area (Å²) in [6.07, 6.45) is 3.29. The van der Waals surface area contributed by atoms with Crippen molar-refractivity contribution in [2.24, 2.45) is 0 Å². The third-order valence-electron chi connectivity index (χ3n) is 3.91. The van der Waals surface area contributed by atoms with Crippen LogP contribution in [0.2, 0.25) is 0 Å². The Morgan fingerprint density at radius 1 is 1.23 bits per heavy atom. The van der Waals surface area contributed by atoms with Gasteiger partial charge in [0.05, 0.1) is 0 Å². The van der Waals surface area contributed by atoms with Crippen LogP contribution >= 0.6 is 0 Å². The van der Waals surface area contributed by atoms with Crippen LogP contribution in [0, 0.1) is 0 Å². The predicted octanol–water partition coefficient (Wildman–Crippen LogP) is 3.18. The van der Waals surface area contributed by atoms with E-state index in [1.807, 2.05) is 37.3 Å². The highest BCUT2D eigenvalue weighted by atomic mass is 16.6. The Morgan fingerprint density at radius 3 is 2.50 bits per heavy atom. The molecule has 0 radical (unpaired) electrons. The van der Waals surface area contributed by atoms with E-state index in [0.717, 1.165) is 31.2 Å². The van der Waals surface area contributed by atoms with Crippen LogP contribution in [0.1, 0.15) is 45.1 Å². The maximum Gasteiger partial charge on any atom is 0.408 e. The van der Waals surface area contributed by atoms with E-state index in [4.69, 9.17) is 9.47 Å². The van der Waals surface area contributed by atoms with Crippen LogP contribution in [0.15, 0.2) is 30.3 Å². The molecule has 1 aliphatic rings. The molecule has 1 aromatic carbocycles. The molecule has 0 heterocycles. The van der Waals surface area contributed by atoms with Gasteiger partial charge in [-0.15, -0.1) is 0 Å². The van der Waals surface area contributed by atoms with E-state index in [1.54, 1.807) is 6.92 Å². The summed E-state index contributed by atoms with van der Waals surface area (Å²) in [4.78, 5) is 23.7. The molecule has 120 valence electrons. The van der Waals surface area contributed by atoms with Crippen molar-refractivity contribution in [1.29, 1.82) is 0 Å². The van der Waals surface area contributed by atoms with E-state index >= 15 is 0 Å². The number of amides is 1. The van der Waals surface area contributed by atoms with Crippen molar-refractivity contribution in [2.45, 2.75) is 57.8 Å². The number of benzene rings is 1. The number of hydrogen-bond acceptors (Lipinski definition) is 4. The Balaban J connectivity index is 1.74. The largest absolute Gasteiger partial charge is 0.458 e. The maximum atomic E-state index is 12.0. The van der Waals surface area contributed by atoms with Gasteiger partial charge in [-0.05, 0) is 45.1 Å². The molecular formula is C17H23NO4. The fourth-order valence-corrected chi connectivity index (χ4v) is 2.56. The SMILES string of the molecule is C[C@@H](NC(=O)OCc1ccccc1)C(=O)OC1(C)CCCC1. The molecule has 1 aliphatic carbocycles. The van der Waals surface area contributed by atoms with Gasteiger partial charge < -0.3 is 14.8 Å². The van der Waals surface area contributed by atoms with E-state index in [2.05, 4.69) is 5.32 Å². The number of carbonyl (C=O) groups is 2. The van der Waals surface area contributed by atoms with Crippen molar-refractivity contribution in [3.05, 3.63) is 35.9 Å². The molecule has 22 heavy (non-hydrogen) atoms. The van der Waals surface area contributed by atoms with Crippen molar-refractivity contribution >= 4 is 12.1 Å². The normalized spacial score (nSPS) is 17.5. The first-order chi connectivity index (χ1) is 10.5. The minimum atomic E-state index is -0.722. The summed E-state index contributed by atoms with van der Waals surface area (Å²) in [5, 5.41) is 2.51. The molecule has 1 N–H and O–H groups in total.